The van der Waals surface area contributed by atoms with Gasteiger partial charge in [0.25, 0.3) is 0 Å². The number of rotatable bonds is 6. The van der Waals surface area contributed by atoms with Crippen molar-refractivity contribution in [1.29, 1.82) is 0 Å². The van der Waals surface area contributed by atoms with Gasteiger partial charge in [0, 0.05) is 12.1 Å². The number of halogens is 1. The van der Waals surface area contributed by atoms with E-state index in [1.807, 2.05) is 31.3 Å². The van der Waals surface area contributed by atoms with Gasteiger partial charge in [0.05, 0.1) is 5.60 Å². The first-order valence-electron chi connectivity index (χ1n) is 5.64. The van der Waals surface area contributed by atoms with Crippen molar-refractivity contribution in [3.8, 4) is 0 Å². The van der Waals surface area contributed by atoms with Gasteiger partial charge < -0.3 is 10.1 Å². The molecule has 1 atom stereocenters. The Morgan fingerprint density at radius 1 is 1.31 bits per heavy atom. The van der Waals surface area contributed by atoms with Gasteiger partial charge >= 0.3 is 0 Å². The lowest BCUT2D eigenvalue weighted by atomic mass is 9.87. The van der Waals surface area contributed by atoms with Crippen LogP contribution in [0.15, 0.2) is 24.3 Å². The highest BCUT2D eigenvalue weighted by Gasteiger charge is 2.29. The van der Waals surface area contributed by atoms with Crippen molar-refractivity contribution in [3.05, 3.63) is 34.9 Å². The van der Waals surface area contributed by atoms with Crippen molar-refractivity contribution >= 4 is 11.6 Å². The molecule has 0 saturated heterocycles. The molecule has 0 aromatic heterocycles. The second-order valence-electron chi connectivity index (χ2n) is 3.91. The van der Waals surface area contributed by atoms with E-state index in [1.165, 1.54) is 5.56 Å². The highest BCUT2D eigenvalue weighted by molar-refractivity contribution is 6.30. The van der Waals surface area contributed by atoms with E-state index in [4.69, 9.17) is 16.3 Å². The Bertz CT molecular complexity index is 306. The summed E-state index contributed by atoms with van der Waals surface area (Å²) in [7, 11) is 3.73. The molecule has 0 bridgehead atoms. The molecule has 0 spiro atoms. The molecule has 0 heterocycles. The number of hydrogen-bond acceptors (Lipinski definition) is 2. The van der Waals surface area contributed by atoms with Crippen molar-refractivity contribution in [2.45, 2.75) is 25.4 Å². The maximum absolute atomic E-state index is 5.90. The fourth-order valence-corrected chi connectivity index (χ4v) is 2.10. The smallest absolute Gasteiger partial charge is 0.0937 e. The van der Waals surface area contributed by atoms with Crippen LogP contribution in [0.25, 0.3) is 0 Å². The van der Waals surface area contributed by atoms with Gasteiger partial charge in [0.2, 0.25) is 0 Å². The number of ether oxygens (including phenoxy) is 1. The maximum Gasteiger partial charge on any atom is 0.0937 e. The lowest BCUT2D eigenvalue weighted by Gasteiger charge is -2.32. The van der Waals surface area contributed by atoms with E-state index in [-0.39, 0.29) is 5.60 Å². The zero-order chi connectivity index (χ0) is 12.0. The molecule has 0 aliphatic rings. The summed E-state index contributed by atoms with van der Waals surface area (Å²) in [6, 6.07) is 7.93. The molecule has 1 unspecified atom stereocenters. The summed E-state index contributed by atoms with van der Waals surface area (Å²) in [6.07, 6.45) is 1.91. The Kier molecular flexibility index (Phi) is 5.26. The van der Waals surface area contributed by atoms with Gasteiger partial charge in [-0.05, 0) is 44.1 Å². The Balaban J connectivity index is 2.95. The highest BCUT2D eigenvalue weighted by atomic mass is 35.5. The van der Waals surface area contributed by atoms with Crippen molar-refractivity contribution in [3.63, 3.8) is 0 Å². The Morgan fingerprint density at radius 2 is 1.94 bits per heavy atom. The minimum atomic E-state index is -0.201. The topological polar surface area (TPSA) is 21.3 Å². The minimum Gasteiger partial charge on any atom is -0.373 e. The van der Waals surface area contributed by atoms with Crippen LogP contribution in [0.4, 0.5) is 0 Å². The highest BCUT2D eigenvalue weighted by Crippen LogP contribution is 2.32. The molecule has 0 saturated carbocycles. The average Bonchev–Trinajstić information content (AvgIpc) is 2.33. The number of methoxy groups -OCH3 is 1. The summed E-state index contributed by atoms with van der Waals surface area (Å²) < 4.78 is 5.73. The first-order chi connectivity index (χ1) is 7.68. The lowest BCUT2D eigenvalue weighted by molar-refractivity contribution is -0.0249. The summed E-state index contributed by atoms with van der Waals surface area (Å²) in [5, 5.41) is 3.93. The maximum atomic E-state index is 5.90. The van der Waals surface area contributed by atoms with Gasteiger partial charge in [-0.1, -0.05) is 30.7 Å². The number of benzene rings is 1. The van der Waals surface area contributed by atoms with E-state index in [0.717, 1.165) is 24.4 Å². The van der Waals surface area contributed by atoms with Crippen LogP contribution in [-0.4, -0.2) is 20.7 Å². The minimum absolute atomic E-state index is 0.201. The second kappa shape index (κ2) is 6.24. The Hall–Kier alpha value is -0.570. The molecule has 0 fully saturated rings. The molecule has 2 nitrogen and oxygen atoms in total. The van der Waals surface area contributed by atoms with Crippen LogP contribution in [0.2, 0.25) is 5.02 Å². The SMILES string of the molecule is CCC(CCNC)(OC)c1ccc(Cl)cc1. The number of nitrogens with one attached hydrogen (secondary N) is 1. The van der Waals surface area contributed by atoms with Gasteiger partial charge in [-0.15, -0.1) is 0 Å². The molecular weight excluding hydrogens is 222 g/mol. The molecule has 0 amide bonds. The molecule has 3 heteroatoms. The van der Waals surface area contributed by atoms with Gasteiger partial charge in [-0.25, -0.2) is 0 Å². The van der Waals surface area contributed by atoms with E-state index in [1.54, 1.807) is 7.11 Å². The van der Waals surface area contributed by atoms with Crippen LogP contribution in [0, 0.1) is 0 Å². The van der Waals surface area contributed by atoms with Crippen molar-refractivity contribution in [2.75, 3.05) is 20.7 Å². The van der Waals surface area contributed by atoms with Gasteiger partial charge in [0.15, 0.2) is 0 Å². The van der Waals surface area contributed by atoms with Crippen LogP contribution in [0.3, 0.4) is 0 Å². The van der Waals surface area contributed by atoms with Crippen LogP contribution < -0.4 is 5.32 Å². The zero-order valence-electron chi connectivity index (χ0n) is 10.2. The molecule has 0 aliphatic carbocycles. The summed E-state index contributed by atoms with van der Waals surface area (Å²) in [5.41, 5.74) is 0.991. The van der Waals surface area contributed by atoms with Crippen molar-refractivity contribution in [1.82, 2.24) is 5.32 Å². The molecule has 1 aromatic rings. The number of hydrogen-bond donors (Lipinski definition) is 1. The normalized spacial score (nSPS) is 14.8. The summed E-state index contributed by atoms with van der Waals surface area (Å²) >= 11 is 5.90. The van der Waals surface area contributed by atoms with Crippen molar-refractivity contribution in [2.24, 2.45) is 0 Å². The first-order valence-corrected chi connectivity index (χ1v) is 6.02. The van der Waals surface area contributed by atoms with Gasteiger partial charge in [0.1, 0.15) is 0 Å². The van der Waals surface area contributed by atoms with Crippen molar-refractivity contribution < 1.29 is 4.74 Å². The van der Waals surface area contributed by atoms with Crippen LogP contribution in [0.1, 0.15) is 25.3 Å². The average molecular weight is 242 g/mol. The molecule has 1 rings (SSSR count). The fourth-order valence-electron chi connectivity index (χ4n) is 1.97. The Morgan fingerprint density at radius 3 is 2.38 bits per heavy atom. The lowest BCUT2D eigenvalue weighted by Crippen LogP contribution is -2.31. The quantitative estimate of drug-likeness (QED) is 0.826. The third kappa shape index (κ3) is 2.97. The van der Waals surface area contributed by atoms with Gasteiger partial charge in [-0.3, -0.25) is 0 Å². The second-order valence-corrected chi connectivity index (χ2v) is 4.35. The van der Waals surface area contributed by atoms with E-state index in [2.05, 4.69) is 12.2 Å². The molecule has 90 valence electrons. The van der Waals surface area contributed by atoms with Crippen LogP contribution in [-0.2, 0) is 10.3 Å². The summed E-state index contributed by atoms with van der Waals surface area (Å²) in [5.74, 6) is 0. The van der Waals surface area contributed by atoms with Crippen LogP contribution >= 0.6 is 11.6 Å². The largest absolute Gasteiger partial charge is 0.373 e. The van der Waals surface area contributed by atoms with E-state index in [9.17, 15) is 0 Å². The zero-order valence-corrected chi connectivity index (χ0v) is 11.0. The monoisotopic (exact) mass is 241 g/mol. The van der Waals surface area contributed by atoms with E-state index in [0.29, 0.717) is 0 Å². The molecule has 1 N–H and O–H groups in total. The van der Waals surface area contributed by atoms with E-state index < -0.39 is 0 Å². The predicted octanol–water partition coefficient (Wildman–Crippen LogP) is 3.20. The summed E-state index contributed by atoms with van der Waals surface area (Å²) in [4.78, 5) is 0. The fraction of sp³-hybridized carbons (Fsp3) is 0.538. The standard InChI is InChI=1S/C13H20ClNO/c1-4-13(16-3,9-10-15-2)11-5-7-12(14)8-6-11/h5-8,15H,4,9-10H2,1-3H3. The third-order valence-electron chi connectivity index (χ3n) is 3.11. The van der Waals surface area contributed by atoms with Crippen LogP contribution in [0.5, 0.6) is 0 Å². The molecule has 16 heavy (non-hydrogen) atoms. The first kappa shape index (κ1) is 13.5. The van der Waals surface area contributed by atoms with Gasteiger partial charge in [-0.2, -0.15) is 0 Å². The molecule has 1 aromatic carbocycles. The molecule has 0 aliphatic heterocycles. The predicted molar refractivity (Wildman–Crippen MR) is 69.0 cm³/mol. The molecule has 0 radical (unpaired) electrons. The summed E-state index contributed by atoms with van der Waals surface area (Å²) in [6.45, 7) is 3.08. The third-order valence-corrected chi connectivity index (χ3v) is 3.36. The van der Waals surface area contributed by atoms with E-state index >= 15 is 0 Å². The molecular formula is C13H20ClNO. The Labute approximate surface area is 103 Å².